The van der Waals surface area contributed by atoms with E-state index in [2.05, 4.69) is 20.8 Å². The van der Waals surface area contributed by atoms with Gasteiger partial charge in [0.05, 0.1) is 5.60 Å². The maximum atomic E-state index is 10.7. The van der Waals surface area contributed by atoms with Gasteiger partial charge < -0.3 is 10.2 Å². The van der Waals surface area contributed by atoms with Crippen LogP contribution in [0.4, 0.5) is 0 Å². The maximum absolute atomic E-state index is 10.7. The van der Waals surface area contributed by atoms with Crippen molar-refractivity contribution in [1.82, 2.24) is 0 Å². The summed E-state index contributed by atoms with van der Waals surface area (Å²) in [6.07, 6.45) is 9.09. The summed E-state index contributed by atoms with van der Waals surface area (Å²) in [6.45, 7) is 6.33. The number of rotatable bonds is 6. The van der Waals surface area contributed by atoms with E-state index in [0.717, 1.165) is 44.1 Å². The molecule has 2 heteroatoms. The van der Waals surface area contributed by atoms with Gasteiger partial charge in [-0.15, -0.1) is 0 Å². The van der Waals surface area contributed by atoms with Gasteiger partial charge in [-0.05, 0) is 37.0 Å². The van der Waals surface area contributed by atoms with E-state index in [1.54, 1.807) is 12.2 Å². The lowest BCUT2D eigenvalue weighted by Crippen LogP contribution is -2.39. The SMILES string of the molecule is CCCC1=C(O)C=CC(O)(CCC)C1CCC. The highest BCUT2D eigenvalue weighted by Gasteiger charge is 2.38. The molecule has 0 amide bonds. The molecule has 2 N–H and O–H groups in total. The Kier molecular flexibility index (Phi) is 5.26. The van der Waals surface area contributed by atoms with Gasteiger partial charge in [0.25, 0.3) is 0 Å². The minimum atomic E-state index is -0.749. The first kappa shape index (κ1) is 14.3. The molecule has 0 bridgehead atoms. The molecule has 0 heterocycles. The number of hydrogen-bond acceptors (Lipinski definition) is 2. The molecule has 0 aliphatic heterocycles. The maximum Gasteiger partial charge on any atom is 0.114 e. The van der Waals surface area contributed by atoms with Crippen LogP contribution in [-0.2, 0) is 0 Å². The standard InChI is InChI=1S/C15H26O2/c1-4-7-12-13(8-5-2)15(17,10-6-3)11-9-14(12)16/h9,11,13,16-17H,4-8,10H2,1-3H3. The molecule has 1 aliphatic carbocycles. The van der Waals surface area contributed by atoms with E-state index < -0.39 is 5.60 Å². The second-order valence-corrected chi connectivity index (χ2v) is 5.08. The van der Waals surface area contributed by atoms with E-state index >= 15 is 0 Å². The van der Waals surface area contributed by atoms with Gasteiger partial charge in [-0.3, -0.25) is 0 Å². The van der Waals surface area contributed by atoms with Crippen LogP contribution < -0.4 is 0 Å². The van der Waals surface area contributed by atoms with Gasteiger partial charge in [0.2, 0.25) is 0 Å². The first-order valence-electron chi connectivity index (χ1n) is 6.92. The molecule has 2 nitrogen and oxygen atoms in total. The molecule has 2 atom stereocenters. The fourth-order valence-corrected chi connectivity index (χ4v) is 2.87. The van der Waals surface area contributed by atoms with Crippen LogP contribution in [0.25, 0.3) is 0 Å². The summed E-state index contributed by atoms with van der Waals surface area (Å²) in [5, 5.41) is 20.7. The Morgan fingerprint density at radius 1 is 1.18 bits per heavy atom. The van der Waals surface area contributed by atoms with Gasteiger partial charge in [0, 0.05) is 5.92 Å². The minimum Gasteiger partial charge on any atom is -0.508 e. The van der Waals surface area contributed by atoms with Crippen LogP contribution in [0.2, 0.25) is 0 Å². The zero-order chi connectivity index (χ0) is 12.9. The molecular formula is C15H26O2. The zero-order valence-electron chi connectivity index (χ0n) is 11.4. The van der Waals surface area contributed by atoms with Crippen molar-refractivity contribution in [3.63, 3.8) is 0 Å². The number of aliphatic hydroxyl groups excluding tert-OH is 1. The highest BCUT2D eigenvalue weighted by molar-refractivity contribution is 5.32. The molecule has 0 aromatic heterocycles. The van der Waals surface area contributed by atoms with Gasteiger partial charge >= 0.3 is 0 Å². The molecule has 1 aliphatic rings. The van der Waals surface area contributed by atoms with E-state index in [1.165, 1.54) is 0 Å². The molecule has 2 unspecified atom stereocenters. The second kappa shape index (κ2) is 6.25. The average Bonchev–Trinajstić information content (AvgIpc) is 2.29. The largest absolute Gasteiger partial charge is 0.508 e. The third kappa shape index (κ3) is 3.12. The summed E-state index contributed by atoms with van der Waals surface area (Å²) in [7, 11) is 0. The first-order chi connectivity index (χ1) is 8.09. The van der Waals surface area contributed by atoms with E-state index in [-0.39, 0.29) is 5.92 Å². The number of hydrogen-bond donors (Lipinski definition) is 2. The van der Waals surface area contributed by atoms with Crippen LogP contribution in [0.1, 0.15) is 59.3 Å². The quantitative estimate of drug-likeness (QED) is 0.731. The molecule has 0 aromatic carbocycles. The van der Waals surface area contributed by atoms with Crippen molar-refractivity contribution in [1.29, 1.82) is 0 Å². The van der Waals surface area contributed by atoms with Crippen LogP contribution >= 0.6 is 0 Å². The van der Waals surface area contributed by atoms with Crippen molar-refractivity contribution < 1.29 is 10.2 Å². The Labute approximate surface area is 105 Å². The Morgan fingerprint density at radius 3 is 2.41 bits per heavy atom. The Hall–Kier alpha value is -0.760. The Balaban J connectivity index is 3.01. The highest BCUT2D eigenvalue weighted by Crippen LogP contribution is 2.40. The molecule has 0 spiro atoms. The molecule has 17 heavy (non-hydrogen) atoms. The molecule has 1 rings (SSSR count). The molecule has 0 saturated carbocycles. The van der Waals surface area contributed by atoms with Crippen LogP contribution in [-0.4, -0.2) is 15.8 Å². The van der Waals surface area contributed by atoms with Crippen molar-refractivity contribution in [2.24, 2.45) is 5.92 Å². The van der Waals surface area contributed by atoms with Crippen LogP contribution in [0, 0.1) is 5.92 Å². The lowest BCUT2D eigenvalue weighted by atomic mass is 9.72. The molecule has 98 valence electrons. The fourth-order valence-electron chi connectivity index (χ4n) is 2.87. The lowest BCUT2D eigenvalue weighted by molar-refractivity contribution is 0.0241. The normalized spacial score (nSPS) is 28.8. The Morgan fingerprint density at radius 2 is 1.88 bits per heavy atom. The van der Waals surface area contributed by atoms with Crippen LogP contribution in [0.15, 0.2) is 23.5 Å². The lowest BCUT2D eigenvalue weighted by Gasteiger charge is -2.38. The minimum absolute atomic E-state index is 0.0948. The predicted octanol–water partition coefficient (Wildman–Crippen LogP) is 4.12. The van der Waals surface area contributed by atoms with E-state index in [4.69, 9.17) is 0 Å². The smallest absolute Gasteiger partial charge is 0.114 e. The van der Waals surface area contributed by atoms with Crippen LogP contribution in [0.5, 0.6) is 0 Å². The van der Waals surface area contributed by atoms with Gasteiger partial charge in [-0.1, -0.05) is 40.0 Å². The van der Waals surface area contributed by atoms with Crippen LogP contribution in [0.3, 0.4) is 0 Å². The van der Waals surface area contributed by atoms with Crippen molar-refractivity contribution in [2.75, 3.05) is 0 Å². The van der Waals surface area contributed by atoms with Crippen molar-refractivity contribution in [2.45, 2.75) is 64.9 Å². The van der Waals surface area contributed by atoms with Gasteiger partial charge in [-0.2, -0.15) is 0 Å². The summed E-state index contributed by atoms with van der Waals surface area (Å²) >= 11 is 0. The van der Waals surface area contributed by atoms with Gasteiger partial charge in [0.1, 0.15) is 5.76 Å². The fraction of sp³-hybridized carbons (Fsp3) is 0.733. The van der Waals surface area contributed by atoms with E-state index in [0.29, 0.717) is 5.76 Å². The molecule has 0 aromatic rings. The third-order valence-corrected chi connectivity index (χ3v) is 3.63. The van der Waals surface area contributed by atoms with Crippen molar-refractivity contribution >= 4 is 0 Å². The summed E-state index contributed by atoms with van der Waals surface area (Å²) in [5.41, 5.74) is 0.300. The predicted molar refractivity (Wildman–Crippen MR) is 72.0 cm³/mol. The highest BCUT2D eigenvalue weighted by atomic mass is 16.3. The van der Waals surface area contributed by atoms with E-state index in [9.17, 15) is 10.2 Å². The Bertz CT molecular complexity index is 304. The van der Waals surface area contributed by atoms with Gasteiger partial charge in [-0.25, -0.2) is 0 Å². The monoisotopic (exact) mass is 238 g/mol. The summed E-state index contributed by atoms with van der Waals surface area (Å²) in [4.78, 5) is 0. The molecular weight excluding hydrogens is 212 g/mol. The molecule has 0 saturated heterocycles. The van der Waals surface area contributed by atoms with Gasteiger partial charge in [0.15, 0.2) is 0 Å². The summed E-state index contributed by atoms with van der Waals surface area (Å²) < 4.78 is 0. The molecule has 0 fully saturated rings. The first-order valence-corrected chi connectivity index (χ1v) is 6.92. The second-order valence-electron chi connectivity index (χ2n) is 5.08. The number of allylic oxidation sites excluding steroid dienone is 1. The summed E-state index contributed by atoms with van der Waals surface area (Å²) in [6, 6.07) is 0. The van der Waals surface area contributed by atoms with E-state index in [1.807, 2.05) is 0 Å². The third-order valence-electron chi connectivity index (χ3n) is 3.63. The zero-order valence-corrected chi connectivity index (χ0v) is 11.4. The number of aliphatic hydroxyl groups is 2. The van der Waals surface area contributed by atoms with Crippen molar-refractivity contribution in [3.8, 4) is 0 Å². The molecule has 0 radical (unpaired) electrons. The topological polar surface area (TPSA) is 40.5 Å². The van der Waals surface area contributed by atoms with Crippen molar-refractivity contribution in [3.05, 3.63) is 23.5 Å². The average molecular weight is 238 g/mol. The summed E-state index contributed by atoms with van der Waals surface area (Å²) in [5.74, 6) is 0.475.